The molecule has 0 saturated heterocycles. The zero-order valence-electron chi connectivity index (χ0n) is 23.8. The van der Waals surface area contributed by atoms with Crippen LogP contribution in [0.4, 0.5) is 0 Å². The number of para-hydroxylation sites is 2. The Morgan fingerprint density at radius 1 is 0.511 bits per heavy atom. The lowest BCUT2D eigenvalue weighted by Gasteiger charge is -2.11. The van der Waals surface area contributed by atoms with E-state index in [4.69, 9.17) is 19.4 Å². The Morgan fingerprint density at radius 3 is 2.13 bits per heavy atom. The van der Waals surface area contributed by atoms with Crippen molar-refractivity contribution in [3.8, 4) is 28.7 Å². The van der Waals surface area contributed by atoms with Crippen LogP contribution in [0, 0.1) is 0 Å². The van der Waals surface area contributed by atoms with E-state index in [-0.39, 0.29) is 0 Å². The third kappa shape index (κ3) is 3.57. The molecule has 10 aromatic rings. The highest BCUT2D eigenvalue weighted by Crippen LogP contribution is 2.42. The number of benzene rings is 6. The molecule has 0 aliphatic carbocycles. The van der Waals surface area contributed by atoms with Crippen LogP contribution in [0.25, 0.3) is 92.6 Å². The predicted molar refractivity (Wildman–Crippen MR) is 185 cm³/mol. The third-order valence-electron chi connectivity index (χ3n) is 8.68. The standard InChI is InChI=1S/C39H22N4OS/c1-2-11-23(12-3-1)37-40-38(30-17-10-16-29-26-15-6-9-20-33(26)45-36(29)30)42-39(41-37)43-31-18-7-4-13-24(31)27-21-22-28-25-14-5-8-19-32(25)44-35(28)34(27)43/h1-22H. The van der Waals surface area contributed by atoms with Gasteiger partial charge in [-0.1, -0.05) is 103 Å². The Hall–Kier alpha value is -5.85. The van der Waals surface area contributed by atoms with E-state index in [1.165, 1.54) is 15.5 Å². The normalized spacial score (nSPS) is 12.0. The van der Waals surface area contributed by atoms with Crippen LogP contribution in [0.3, 0.4) is 0 Å². The molecule has 6 heteroatoms. The van der Waals surface area contributed by atoms with Gasteiger partial charge in [0.1, 0.15) is 11.1 Å². The van der Waals surface area contributed by atoms with Crippen molar-refractivity contribution < 1.29 is 4.42 Å². The lowest BCUT2D eigenvalue weighted by Crippen LogP contribution is -2.06. The maximum atomic E-state index is 6.59. The largest absolute Gasteiger partial charge is 0.454 e. The fraction of sp³-hybridized carbons (Fsp3) is 0. The number of aromatic nitrogens is 4. The summed E-state index contributed by atoms with van der Waals surface area (Å²) in [6.45, 7) is 0. The zero-order chi connectivity index (χ0) is 29.5. The Labute approximate surface area is 260 Å². The minimum atomic E-state index is 0.552. The van der Waals surface area contributed by atoms with E-state index in [0.29, 0.717) is 17.6 Å². The average Bonchev–Trinajstić information content (AvgIpc) is 3.78. The van der Waals surface area contributed by atoms with E-state index in [1.54, 1.807) is 11.3 Å². The summed E-state index contributed by atoms with van der Waals surface area (Å²) in [5.74, 6) is 1.81. The molecule has 5 nitrogen and oxygen atoms in total. The van der Waals surface area contributed by atoms with Gasteiger partial charge in [0, 0.05) is 52.8 Å². The molecular weight excluding hydrogens is 573 g/mol. The van der Waals surface area contributed by atoms with Gasteiger partial charge in [0.15, 0.2) is 17.2 Å². The second-order valence-corrected chi connectivity index (χ2v) is 12.3. The molecule has 0 saturated carbocycles. The summed E-state index contributed by atoms with van der Waals surface area (Å²) in [4.78, 5) is 15.5. The van der Waals surface area contributed by atoms with Crippen LogP contribution in [-0.4, -0.2) is 19.5 Å². The van der Waals surface area contributed by atoms with E-state index in [0.717, 1.165) is 59.6 Å². The molecule has 0 atom stereocenters. The van der Waals surface area contributed by atoms with E-state index >= 15 is 0 Å². The van der Waals surface area contributed by atoms with Gasteiger partial charge in [-0.3, -0.25) is 4.57 Å². The summed E-state index contributed by atoms with van der Waals surface area (Å²) in [5.41, 5.74) is 5.55. The first kappa shape index (κ1) is 24.6. The van der Waals surface area contributed by atoms with Gasteiger partial charge in [-0.25, -0.2) is 4.98 Å². The maximum absolute atomic E-state index is 6.59. The third-order valence-corrected chi connectivity index (χ3v) is 9.90. The quantitative estimate of drug-likeness (QED) is 0.204. The van der Waals surface area contributed by atoms with Crippen molar-refractivity contribution in [3.63, 3.8) is 0 Å². The summed E-state index contributed by atoms with van der Waals surface area (Å²) >= 11 is 1.78. The van der Waals surface area contributed by atoms with Gasteiger partial charge in [0.2, 0.25) is 5.95 Å². The van der Waals surface area contributed by atoms with Gasteiger partial charge in [-0.15, -0.1) is 11.3 Å². The van der Waals surface area contributed by atoms with Gasteiger partial charge >= 0.3 is 0 Å². The number of rotatable bonds is 3. The molecule has 0 unspecified atom stereocenters. The molecule has 0 N–H and O–H groups in total. The fourth-order valence-corrected chi connectivity index (χ4v) is 7.88. The molecule has 6 aromatic carbocycles. The SMILES string of the molecule is c1ccc(-c2nc(-c3cccc4c3sc3ccccc34)nc(-n3c4ccccc4c4ccc5c6ccccc6oc5c43)n2)cc1. The Morgan fingerprint density at radius 2 is 1.22 bits per heavy atom. The maximum Gasteiger partial charge on any atom is 0.238 e. The molecule has 0 bridgehead atoms. The lowest BCUT2D eigenvalue weighted by atomic mass is 10.1. The van der Waals surface area contributed by atoms with Crippen LogP contribution < -0.4 is 0 Å². The topological polar surface area (TPSA) is 56.7 Å². The molecule has 0 spiro atoms. The first-order valence-corrected chi connectivity index (χ1v) is 15.7. The average molecular weight is 595 g/mol. The smallest absolute Gasteiger partial charge is 0.238 e. The monoisotopic (exact) mass is 594 g/mol. The number of nitrogens with zero attached hydrogens (tertiary/aromatic N) is 4. The van der Waals surface area contributed by atoms with Gasteiger partial charge in [0.25, 0.3) is 0 Å². The molecule has 4 aromatic heterocycles. The molecule has 10 rings (SSSR count). The highest BCUT2D eigenvalue weighted by atomic mass is 32.1. The predicted octanol–water partition coefficient (Wildman–Crippen LogP) is 10.6. The summed E-state index contributed by atoms with van der Waals surface area (Å²) in [7, 11) is 0. The van der Waals surface area contributed by atoms with Gasteiger partial charge in [-0.2, -0.15) is 9.97 Å². The van der Waals surface area contributed by atoms with Crippen LogP contribution in [0.2, 0.25) is 0 Å². The van der Waals surface area contributed by atoms with Crippen LogP contribution >= 0.6 is 11.3 Å². The summed E-state index contributed by atoms with van der Waals surface area (Å²) in [6, 6.07) is 46.1. The second-order valence-electron chi connectivity index (χ2n) is 11.2. The minimum Gasteiger partial charge on any atom is -0.454 e. The van der Waals surface area contributed by atoms with Gasteiger partial charge in [-0.05, 0) is 30.3 Å². The lowest BCUT2D eigenvalue weighted by molar-refractivity contribution is 0.670. The number of thiophene rings is 1. The molecular formula is C39H22N4OS. The van der Waals surface area contributed by atoms with Crippen molar-refractivity contribution in [2.24, 2.45) is 0 Å². The van der Waals surface area contributed by atoms with Crippen molar-refractivity contribution in [3.05, 3.63) is 133 Å². The first-order valence-electron chi connectivity index (χ1n) is 14.9. The number of hydrogen-bond acceptors (Lipinski definition) is 5. The molecule has 4 heterocycles. The molecule has 45 heavy (non-hydrogen) atoms. The zero-order valence-corrected chi connectivity index (χ0v) is 24.6. The first-order chi connectivity index (χ1) is 22.3. The van der Waals surface area contributed by atoms with Crippen molar-refractivity contribution in [2.45, 2.75) is 0 Å². The van der Waals surface area contributed by atoms with Gasteiger partial charge in [0.05, 0.1) is 5.52 Å². The fourth-order valence-electron chi connectivity index (χ4n) is 6.66. The van der Waals surface area contributed by atoms with E-state index in [1.807, 2.05) is 42.5 Å². The summed E-state index contributed by atoms with van der Waals surface area (Å²) in [6.07, 6.45) is 0. The van der Waals surface area contributed by atoms with Crippen molar-refractivity contribution in [1.82, 2.24) is 19.5 Å². The second kappa shape index (κ2) is 9.32. The number of hydrogen-bond donors (Lipinski definition) is 0. The highest BCUT2D eigenvalue weighted by molar-refractivity contribution is 7.26. The summed E-state index contributed by atoms with van der Waals surface area (Å²) < 4.78 is 11.1. The highest BCUT2D eigenvalue weighted by Gasteiger charge is 2.22. The number of fused-ring (bicyclic) bond motifs is 10. The van der Waals surface area contributed by atoms with Gasteiger partial charge < -0.3 is 4.42 Å². The Bertz CT molecular complexity index is 2770. The summed E-state index contributed by atoms with van der Waals surface area (Å²) in [5, 5.41) is 6.80. The van der Waals surface area contributed by atoms with E-state index < -0.39 is 0 Å². The van der Waals surface area contributed by atoms with Crippen LogP contribution in [0.5, 0.6) is 0 Å². The van der Waals surface area contributed by atoms with Crippen molar-refractivity contribution >= 4 is 75.3 Å². The van der Waals surface area contributed by atoms with Crippen molar-refractivity contribution in [2.75, 3.05) is 0 Å². The molecule has 210 valence electrons. The van der Waals surface area contributed by atoms with Crippen molar-refractivity contribution in [1.29, 1.82) is 0 Å². The minimum absolute atomic E-state index is 0.552. The van der Waals surface area contributed by atoms with Crippen LogP contribution in [0.15, 0.2) is 138 Å². The van der Waals surface area contributed by atoms with E-state index in [9.17, 15) is 0 Å². The molecule has 0 aliphatic heterocycles. The Balaban J connectivity index is 1.34. The van der Waals surface area contributed by atoms with Crippen LogP contribution in [0.1, 0.15) is 0 Å². The molecule has 0 fully saturated rings. The van der Waals surface area contributed by atoms with E-state index in [2.05, 4.69) is 95.6 Å². The Kier molecular flexibility index (Phi) is 5.09. The number of furan rings is 1. The molecule has 0 aliphatic rings. The molecule has 0 amide bonds. The molecule has 0 radical (unpaired) electrons. The van der Waals surface area contributed by atoms with Crippen LogP contribution in [-0.2, 0) is 0 Å².